The predicted octanol–water partition coefficient (Wildman–Crippen LogP) is -1.12. The van der Waals surface area contributed by atoms with Crippen LogP contribution in [0.4, 0.5) is 0 Å². The number of hydrogen-bond donors (Lipinski definition) is 4. The van der Waals surface area contributed by atoms with Crippen LogP contribution in [0.25, 0.3) is 0 Å². The number of benzene rings is 1. The minimum atomic E-state index is -1.50. The Bertz CT molecular complexity index is 469. The third-order valence-electron chi connectivity index (χ3n) is 3.43. The Morgan fingerprint density at radius 2 is 1.45 bits per heavy atom. The van der Waals surface area contributed by atoms with E-state index < -0.39 is 37.3 Å². The van der Waals surface area contributed by atoms with E-state index in [1.165, 1.54) is 14.2 Å². The fourth-order valence-corrected chi connectivity index (χ4v) is 2.15. The number of rotatable bonds is 5. The van der Waals surface area contributed by atoms with E-state index in [4.69, 9.17) is 24.1 Å². The smallest absolute Gasteiger partial charge is 0.229 e. The van der Waals surface area contributed by atoms with E-state index >= 15 is 0 Å². The van der Waals surface area contributed by atoms with Crippen LogP contribution in [0.15, 0.2) is 18.2 Å². The third-order valence-corrected chi connectivity index (χ3v) is 3.43. The second-order valence-corrected chi connectivity index (χ2v) is 4.86. The maximum Gasteiger partial charge on any atom is 0.229 e. The van der Waals surface area contributed by atoms with Gasteiger partial charge in [-0.25, -0.2) is 0 Å². The molecule has 8 nitrogen and oxygen atoms in total. The monoisotopic (exact) mass is 316 g/mol. The Kier molecular flexibility index (Phi) is 5.43. The fourth-order valence-electron chi connectivity index (χ4n) is 2.15. The van der Waals surface area contributed by atoms with E-state index in [0.717, 1.165) is 0 Å². The van der Waals surface area contributed by atoms with Crippen LogP contribution in [-0.4, -0.2) is 72.0 Å². The molecule has 1 saturated heterocycles. The van der Waals surface area contributed by atoms with Crippen molar-refractivity contribution in [3.05, 3.63) is 18.2 Å². The zero-order chi connectivity index (χ0) is 16.3. The first-order chi connectivity index (χ1) is 10.5. The van der Waals surface area contributed by atoms with Gasteiger partial charge >= 0.3 is 0 Å². The van der Waals surface area contributed by atoms with Gasteiger partial charge in [-0.1, -0.05) is 0 Å². The first-order valence-corrected chi connectivity index (χ1v) is 6.70. The van der Waals surface area contributed by atoms with Crippen molar-refractivity contribution in [1.29, 1.82) is 0 Å². The maximum atomic E-state index is 9.93. The Labute approximate surface area is 127 Å². The average Bonchev–Trinajstić information content (AvgIpc) is 2.54. The molecule has 22 heavy (non-hydrogen) atoms. The van der Waals surface area contributed by atoms with Gasteiger partial charge in [0.2, 0.25) is 6.29 Å². The highest BCUT2D eigenvalue weighted by molar-refractivity contribution is 5.42. The molecule has 124 valence electrons. The molecule has 0 aromatic heterocycles. The van der Waals surface area contributed by atoms with Crippen molar-refractivity contribution in [1.82, 2.24) is 0 Å². The molecule has 0 spiro atoms. The first-order valence-electron chi connectivity index (χ1n) is 6.70. The van der Waals surface area contributed by atoms with E-state index in [-0.39, 0.29) is 5.75 Å². The van der Waals surface area contributed by atoms with Gasteiger partial charge in [0.25, 0.3) is 0 Å². The van der Waals surface area contributed by atoms with Gasteiger partial charge in [0.1, 0.15) is 41.7 Å². The SMILES string of the molecule is COc1cc(OC)cc(O[C@@H]2O[C@H](CO)[C@H](O)[C@H](O)[C@H]2O)c1. The van der Waals surface area contributed by atoms with Gasteiger partial charge < -0.3 is 39.4 Å². The summed E-state index contributed by atoms with van der Waals surface area (Å²) in [7, 11) is 2.96. The molecule has 0 amide bonds. The lowest BCUT2D eigenvalue weighted by Gasteiger charge is -2.39. The molecule has 1 heterocycles. The molecule has 0 bridgehead atoms. The molecule has 1 aromatic rings. The van der Waals surface area contributed by atoms with Crippen LogP contribution >= 0.6 is 0 Å². The van der Waals surface area contributed by atoms with Gasteiger partial charge in [-0.05, 0) is 0 Å². The van der Waals surface area contributed by atoms with Crippen LogP contribution in [0.2, 0.25) is 0 Å². The van der Waals surface area contributed by atoms with Crippen LogP contribution < -0.4 is 14.2 Å². The standard InChI is InChI=1S/C14H20O8/c1-19-7-3-8(20-2)5-9(4-7)21-14-13(18)12(17)11(16)10(6-15)22-14/h3-5,10-18H,6H2,1-2H3/t10-,11+,12+,13-,14-/m1/s1. The summed E-state index contributed by atoms with van der Waals surface area (Å²) in [6.07, 6.45) is -6.69. The predicted molar refractivity (Wildman–Crippen MR) is 73.9 cm³/mol. The number of hydrogen-bond acceptors (Lipinski definition) is 8. The number of aliphatic hydroxyl groups is 4. The third kappa shape index (κ3) is 3.42. The van der Waals surface area contributed by atoms with Crippen LogP contribution in [0.1, 0.15) is 0 Å². The second-order valence-electron chi connectivity index (χ2n) is 4.86. The van der Waals surface area contributed by atoms with E-state index in [1.54, 1.807) is 18.2 Å². The lowest BCUT2D eigenvalue weighted by Crippen LogP contribution is -2.60. The van der Waals surface area contributed by atoms with Crippen LogP contribution in [0.3, 0.4) is 0 Å². The average molecular weight is 316 g/mol. The quantitative estimate of drug-likeness (QED) is 0.540. The Morgan fingerprint density at radius 3 is 1.95 bits per heavy atom. The minimum absolute atomic E-state index is 0.278. The summed E-state index contributed by atoms with van der Waals surface area (Å²) >= 11 is 0. The molecule has 0 unspecified atom stereocenters. The van der Waals surface area contributed by atoms with Gasteiger partial charge in [-0.3, -0.25) is 0 Å². The molecule has 0 saturated carbocycles. The van der Waals surface area contributed by atoms with Crippen LogP contribution in [-0.2, 0) is 4.74 Å². The van der Waals surface area contributed by atoms with Crippen LogP contribution in [0, 0.1) is 0 Å². The zero-order valence-electron chi connectivity index (χ0n) is 12.2. The molecule has 2 rings (SSSR count). The van der Waals surface area contributed by atoms with Crippen molar-refractivity contribution in [3.63, 3.8) is 0 Å². The summed E-state index contributed by atoms with van der Waals surface area (Å²) in [6.45, 7) is -0.522. The molecular weight excluding hydrogens is 296 g/mol. The van der Waals surface area contributed by atoms with Gasteiger partial charge in [-0.15, -0.1) is 0 Å². The van der Waals surface area contributed by atoms with E-state index in [1.807, 2.05) is 0 Å². The maximum absolute atomic E-state index is 9.93. The number of methoxy groups -OCH3 is 2. The van der Waals surface area contributed by atoms with Crippen LogP contribution in [0.5, 0.6) is 17.2 Å². The highest BCUT2D eigenvalue weighted by atomic mass is 16.7. The summed E-state index contributed by atoms with van der Waals surface area (Å²) < 4.78 is 21.0. The Hall–Kier alpha value is -1.58. The fraction of sp³-hybridized carbons (Fsp3) is 0.571. The lowest BCUT2D eigenvalue weighted by atomic mass is 9.99. The van der Waals surface area contributed by atoms with E-state index in [0.29, 0.717) is 11.5 Å². The summed E-state index contributed by atoms with van der Waals surface area (Å²) in [4.78, 5) is 0. The molecule has 8 heteroatoms. The topological polar surface area (TPSA) is 118 Å². The Balaban J connectivity index is 2.18. The van der Waals surface area contributed by atoms with E-state index in [9.17, 15) is 15.3 Å². The summed E-state index contributed by atoms with van der Waals surface area (Å²) in [5.41, 5.74) is 0. The van der Waals surface area contributed by atoms with Gasteiger partial charge in [-0.2, -0.15) is 0 Å². The van der Waals surface area contributed by atoms with Crippen molar-refractivity contribution < 1.29 is 39.4 Å². The van der Waals surface area contributed by atoms with Crippen molar-refractivity contribution in [2.24, 2.45) is 0 Å². The Morgan fingerprint density at radius 1 is 0.909 bits per heavy atom. The number of ether oxygens (including phenoxy) is 4. The summed E-state index contributed by atoms with van der Waals surface area (Å²) in [5, 5.41) is 38.5. The zero-order valence-corrected chi connectivity index (χ0v) is 12.2. The summed E-state index contributed by atoms with van der Waals surface area (Å²) in [5.74, 6) is 1.22. The van der Waals surface area contributed by atoms with E-state index in [2.05, 4.69) is 0 Å². The van der Waals surface area contributed by atoms with Crippen molar-refractivity contribution >= 4 is 0 Å². The lowest BCUT2D eigenvalue weighted by molar-refractivity contribution is -0.277. The minimum Gasteiger partial charge on any atom is -0.496 e. The highest BCUT2D eigenvalue weighted by Gasteiger charge is 2.44. The largest absolute Gasteiger partial charge is 0.496 e. The normalized spacial score (nSPS) is 31.6. The molecule has 0 aliphatic carbocycles. The van der Waals surface area contributed by atoms with Gasteiger partial charge in [0.05, 0.1) is 20.8 Å². The molecular formula is C14H20O8. The van der Waals surface area contributed by atoms with Gasteiger partial charge in [0, 0.05) is 18.2 Å². The molecule has 5 atom stereocenters. The highest BCUT2D eigenvalue weighted by Crippen LogP contribution is 2.30. The summed E-state index contributed by atoms with van der Waals surface area (Å²) in [6, 6.07) is 4.73. The van der Waals surface area contributed by atoms with Crippen molar-refractivity contribution in [3.8, 4) is 17.2 Å². The molecule has 0 radical (unpaired) electrons. The molecule has 1 aliphatic rings. The van der Waals surface area contributed by atoms with Crippen molar-refractivity contribution in [2.75, 3.05) is 20.8 Å². The van der Waals surface area contributed by atoms with Gasteiger partial charge in [0.15, 0.2) is 0 Å². The first kappa shape index (κ1) is 16.8. The molecule has 4 N–H and O–H groups in total. The molecule has 1 aliphatic heterocycles. The van der Waals surface area contributed by atoms with Crippen molar-refractivity contribution in [2.45, 2.75) is 30.7 Å². The number of aliphatic hydroxyl groups excluding tert-OH is 4. The molecule has 1 aromatic carbocycles. The molecule has 1 fully saturated rings. The second kappa shape index (κ2) is 7.12.